The van der Waals surface area contributed by atoms with Gasteiger partial charge < -0.3 is 0 Å². The maximum absolute atomic E-state index is 2.45. The van der Waals surface area contributed by atoms with Crippen LogP contribution in [0.1, 0.15) is 91.8 Å². The van der Waals surface area contributed by atoms with Gasteiger partial charge in [-0.1, -0.05) is 113 Å². The molecule has 1 heteroatoms. The van der Waals surface area contributed by atoms with Gasteiger partial charge in [0.25, 0.3) is 0 Å². The summed E-state index contributed by atoms with van der Waals surface area (Å²) in [6.07, 6.45) is 6.82. The number of hydrogen-bond acceptors (Lipinski definition) is 0. The van der Waals surface area contributed by atoms with E-state index in [4.69, 9.17) is 0 Å². The number of benzene rings is 2. The molecule has 0 aromatic heterocycles. The molecule has 3 aromatic rings. The van der Waals surface area contributed by atoms with E-state index in [0.29, 0.717) is 0 Å². The molecule has 168 valence electrons. The average molecular weight is 503 g/mol. The van der Waals surface area contributed by atoms with Crippen molar-refractivity contribution in [3.05, 3.63) is 70.8 Å². The van der Waals surface area contributed by atoms with Crippen LogP contribution < -0.4 is 0 Å². The molecule has 0 radical (unpaired) electrons. The van der Waals surface area contributed by atoms with E-state index in [1.807, 2.05) is 0 Å². The molecule has 0 saturated heterocycles. The summed E-state index contributed by atoms with van der Waals surface area (Å²) in [5.74, 6) is 0. The number of hydrogen-bond donors (Lipinski definition) is 0. The molecule has 0 nitrogen and oxygen atoms in total. The van der Waals surface area contributed by atoms with Gasteiger partial charge in [-0.2, -0.15) is 0 Å². The Bertz CT molecular complexity index is 1210. The van der Waals surface area contributed by atoms with Crippen LogP contribution in [-0.2, 0) is 35.1 Å². The topological polar surface area (TPSA) is 0 Å². The summed E-state index contributed by atoms with van der Waals surface area (Å²) in [5.41, 5.74) is 7.69. The second kappa shape index (κ2) is 9.42. The average Bonchev–Trinajstić information content (AvgIpc) is 3.28. The Morgan fingerprint density at radius 1 is 0.938 bits per heavy atom. The fourth-order valence-corrected chi connectivity index (χ4v) is 4.65. The minimum absolute atomic E-state index is 0.123. The van der Waals surface area contributed by atoms with Crippen molar-refractivity contribution in [2.24, 2.45) is 0 Å². The second-order valence-electron chi connectivity index (χ2n) is 11.4. The van der Waals surface area contributed by atoms with E-state index in [9.17, 15) is 0 Å². The van der Waals surface area contributed by atoms with Crippen molar-refractivity contribution >= 4 is 30.3 Å². The van der Waals surface area contributed by atoms with Gasteiger partial charge in [0, 0.05) is 0 Å². The molecule has 0 saturated carbocycles. The molecule has 0 aliphatic heterocycles. The standard InChI is InChI=1S/C28H33.C3H6.Zr/c1-8-18-10-9-11-22(18)26-24-17-19-16-20(27(2,3)4)12-13-21(19)23(24)14-15-25(26)28(5,6)7;1-3-2;/h9-10,12-17H,8,11H2,1-7H3;1-2H3;/q-1;;. The summed E-state index contributed by atoms with van der Waals surface area (Å²) in [6.45, 7) is 20.4. The van der Waals surface area contributed by atoms with Gasteiger partial charge in [-0.3, -0.25) is 0 Å². The molecule has 0 fully saturated rings. The van der Waals surface area contributed by atoms with Gasteiger partial charge in [0.2, 0.25) is 0 Å². The fraction of sp³-hybridized carbons (Fsp3) is 0.419. The molecule has 0 atom stereocenters. The van der Waals surface area contributed by atoms with E-state index in [-0.39, 0.29) is 10.8 Å². The van der Waals surface area contributed by atoms with Gasteiger partial charge in [0.15, 0.2) is 0 Å². The summed E-state index contributed by atoms with van der Waals surface area (Å²) < 4.78 is 1.51. The SMILES string of the molecule is CCC1=C(c2c(C(C)(C)C)ccc3c2[cH-]c2cc(C(C)(C)C)ccc23)CC=C1.C[C](C)=[Zr]. The van der Waals surface area contributed by atoms with E-state index < -0.39 is 0 Å². The molecular formula is C31H39Zr-. The first-order chi connectivity index (χ1) is 14.8. The number of allylic oxidation sites excluding steroid dienone is 4. The van der Waals surface area contributed by atoms with Crippen molar-refractivity contribution in [1.29, 1.82) is 0 Å². The van der Waals surface area contributed by atoms with Crippen molar-refractivity contribution in [1.82, 2.24) is 0 Å². The van der Waals surface area contributed by atoms with Crippen LogP contribution in [0.5, 0.6) is 0 Å². The normalized spacial score (nSPS) is 14.2. The first kappa shape index (κ1) is 25.2. The molecule has 0 spiro atoms. The predicted molar refractivity (Wildman–Crippen MR) is 142 cm³/mol. The zero-order valence-corrected chi connectivity index (χ0v) is 24.0. The van der Waals surface area contributed by atoms with Crippen LogP contribution in [0.2, 0.25) is 0 Å². The Kier molecular flexibility index (Phi) is 7.41. The van der Waals surface area contributed by atoms with Crippen LogP contribution in [0.25, 0.3) is 27.1 Å². The van der Waals surface area contributed by atoms with Crippen LogP contribution in [-0.4, -0.2) is 3.21 Å². The molecule has 1 aliphatic carbocycles. The van der Waals surface area contributed by atoms with Gasteiger partial charge in [0.1, 0.15) is 0 Å². The van der Waals surface area contributed by atoms with Crippen LogP contribution in [0, 0.1) is 0 Å². The Morgan fingerprint density at radius 3 is 2.12 bits per heavy atom. The third kappa shape index (κ3) is 5.20. The Hall–Kier alpha value is -1.46. The first-order valence-corrected chi connectivity index (χ1v) is 13.1. The van der Waals surface area contributed by atoms with Crippen LogP contribution >= 0.6 is 0 Å². The molecule has 0 unspecified atom stereocenters. The van der Waals surface area contributed by atoms with E-state index in [1.54, 1.807) is 24.2 Å². The summed E-state index contributed by atoms with van der Waals surface area (Å²) in [4.78, 5) is 0. The van der Waals surface area contributed by atoms with E-state index in [2.05, 4.69) is 111 Å². The summed E-state index contributed by atoms with van der Waals surface area (Å²) >= 11 is 1.55. The molecule has 1 aliphatic rings. The minimum atomic E-state index is 0.123. The Morgan fingerprint density at radius 2 is 1.56 bits per heavy atom. The van der Waals surface area contributed by atoms with Crippen LogP contribution in [0.15, 0.2) is 54.1 Å². The Balaban J connectivity index is 0.000000668. The molecular weight excluding hydrogens is 464 g/mol. The summed E-state index contributed by atoms with van der Waals surface area (Å²) in [6, 6.07) is 14.2. The molecule has 0 N–H and O–H groups in total. The quantitative estimate of drug-likeness (QED) is 0.306. The zero-order valence-electron chi connectivity index (χ0n) is 21.5. The molecule has 0 amide bonds. The number of fused-ring (bicyclic) bond motifs is 3. The van der Waals surface area contributed by atoms with Crippen molar-refractivity contribution in [3.8, 4) is 0 Å². The van der Waals surface area contributed by atoms with Gasteiger partial charge in [0.05, 0.1) is 0 Å². The van der Waals surface area contributed by atoms with Crippen LogP contribution in [0.3, 0.4) is 0 Å². The zero-order chi connectivity index (χ0) is 23.8. The van der Waals surface area contributed by atoms with Crippen molar-refractivity contribution in [3.63, 3.8) is 0 Å². The van der Waals surface area contributed by atoms with Gasteiger partial charge in [-0.05, 0) is 23.7 Å². The van der Waals surface area contributed by atoms with Crippen molar-refractivity contribution < 1.29 is 24.2 Å². The maximum atomic E-state index is 2.45. The predicted octanol–water partition coefficient (Wildman–Crippen LogP) is 9.18. The number of rotatable bonds is 2. The van der Waals surface area contributed by atoms with Gasteiger partial charge in [-0.15, -0.1) is 33.7 Å². The molecule has 0 heterocycles. The third-order valence-corrected chi connectivity index (χ3v) is 6.27. The first-order valence-electron chi connectivity index (χ1n) is 11.9. The molecule has 4 rings (SSSR count). The Labute approximate surface area is 210 Å². The van der Waals surface area contributed by atoms with Crippen molar-refractivity contribution in [2.45, 2.75) is 86.0 Å². The summed E-state index contributed by atoms with van der Waals surface area (Å²) in [5, 5.41) is 5.58. The molecule has 32 heavy (non-hydrogen) atoms. The van der Waals surface area contributed by atoms with E-state index in [1.165, 1.54) is 52.6 Å². The van der Waals surface area contributed by atoms with E-state index >= 15 is 0 Å². The molecule has 0 bridgehead atoms. The van der Waals surface area contributed by atoms with Crippen molar-refractivity contribution in [2.75, 3.05) is 0 Å². The van der Waals surface area contributed by atoms with Gasteiger partial charge >= 0.3 is 41.3 Å². The monoisotopic (exact) mass is 501 g/mol. The molecule has 3 aromatic carbocycles. The van der Waals surface area contributed by atoms with E-state index in [0.717, 1.165) is 12.8 Å². The van der Waals surface area contributed by atoms with Gasteiger partial charge in [-0.25, -0.2) is 0 Å². The van der Waals surface area contributed by atoms with Crippen LogP contribution in [0.4, 0.5) is 0 Å². The fourth-order valence-electron chi connectivity index (χ4n) is 4.65. The summed E-state index contributed by atoms with van der Waals surface area (Å²) in [7, 11) is 0. The third-order valence-electron chi connectivity index (χ3n) is 6.27. The second-order valence-corrected chi connectivity index (χ2v) is 13.8.